The van der Waals surface area contributed by atoms with Crippen molar-refractivity contribution in [2.24, 2.45) is 5.41 Å². The fourth-order valence-electron chi connectivity index (χ4n) is 3.44. The van der Waals surface area contributed by atoms with Crippen molar-refractivity contribution >= 4 is 0 Å². The third-order valence-corrected chi connectivity index (χ3v) is 4.80. The average Bonchev–Trinajstić information content (AvgIpc) is 2.80. The van der Waals surface area contributed by atoms with Crippen LogP contribution in [-0.2, 0) is 0 Å². The highest BCUT2D eigenvalue weighted by Crippen LogP contribution is 2.24. The molecule has 0 spiro atoms. The second-order valence-corrected chi connectivity index (χ2v) is 7.46. The molecular weight excluding hydrogens is 234 g/mol. The topological polar surface area (TPSA) is 18.5 Å². The van der Waals surface area contributed by atoms with Crippen LogP contribution in [0.2, 0.25) is 0 Å². The predicted molar refractivity (Wildman–Crippen MR) is 82.6 cm³/mol. The van der Waals surface area contributed by atoms with Gasteiger partial charge in [-0.2, -0.15) is 0 Å². The molecule has 2 atom stereocenters. The normalized spacial score (nSPS) is 27.5. The highest BCUT2D eigenvalue weighted by atomic mass is 15.3. The molecule has 0 saturated carbocycles. The SMILES string of the molecule is CCCNC(CN1CCN2CCCC2C1)C(C)(C)C. The second kappa shape index (κ2) is 6.55. The van der Waals surface area contributed by atoms with Crippen LogP contribution in [0.4, 0.5) is 0 Å². The van der Waals surface area contributed by atoms with Crippen LogP contribution < -0.4 is 5.32 Å². The van der Waals surface area contributed by atoms with Crippen molar-refractivity contribution in [3.05, 3.63) is 0 Å². The molecule has 3 heteroatoms. The molecule has 2 unspecified atom stereocenters. The van der Waals surface area contributed by atoms with Gasteiger partial charge in [-0.05, 0) is 37.8 Å². The minimum absolute atomic E-state index is 0.349. The van der Waals surface area contributed by atoms with E-state index in [0.29, 0.717) is 11.5 Å². The summed E-state index contributed by atoms with van der Waals surface area (Å²) in [5.41, 5.74) is 0.349. The van der Waals surface area contributed by atoms with Crippen molar-refractivity contribution in [3.63, 3.8) is 0 Å². The minimum atomic E-state index is 0.349. The highest BCUT2D eigenvalue weighted by molar-refractivity contribution is 4.90. The zero-order valence-corrected chi connectivity index (χ0v) is 13.4. The first-order valence-corrected chi connectivity index (χ1v) is 8.20. The fourth-order valence-corrected chi connectivity index (χ4v) is 3.44. The van der Waals surface area contributed by atoms with Gasteiger partial charge in [-0.15, -0.1) is 0 Å². The Balaban J connectivity index is 1.86. The fraction of sp³-hybridized carbons (Fsp3) is 1.00. The van der Waals surface area contributed by atoms with Gasteiger partial charge in [-0.25, -0.2) is 0 Å². The van der Waals surface area contributed by atoms with Crippen molar-refractivity contribution in [2.75, 3.05) is 39.3 Å². The van der Waals surface area contributed by atoms with Gasteiger partial charge in [0, 0.05) is 38.3 Å². The molecule has 0 aromatic carbocycles. The van der Waals surface area contributed by atoms with Gasteiger partial charge in [0.25, 0.3) is 0 Å². The molecule has 0 aromatic rings. The Morgan fingerprint density at radius 2 is 2.00 bits per heavy atom. The van der Waals surface area contributed by atoms with E-state index in [4.69, 9.17) is 0 Å². The second-order valence-electron chi connectivity index (χ2n) is 7.46. The molecule has 0 bridgehead atoms. The molecule has 0 amide bonds. The Morgan fingerprint density at radius 3 is 2.68 bits per heavy atom. The molecule has 0 aliphatic carbocycles. The molecule has 2 heterocycles. The van der Waals surface area contributed by atoms with E-state index in [1.165, 1.54) is 52.0 Å². The molecule has 2 rings (SSSR count). The van der Waals surface area contributed by atoms with E-state index in [1.807, 2.05) is 0 Å². The van der Waals surface area contributed by atoms with E-state index in [-0.39, 0.29) is 0 Å². The molecule has 0 aromatic heterocycles. The van der Waals surface area contributed by atoms with Gasteiger partial charge in [-0.3, -0.25) is 9.80 Å². The number of hydrogen-bond acceptors (Lipinski definition) is 3. The van der Waals surface area contributed by atoms with Gasteiger partial charge in [0.1, 0.15) is 0 Å². The standard InChI is InChI=1S/C16H33N3/c1-5-8-17-15(16(2,3)4)13-18-10-11-19-9-6-7-14(19)12-18/h14-15,17H,5-13H2,1-4H3. The summed E-state index contributed by atoms with van der Waals surface area (Å²) in [5.74, 6) is 0. The first kappa shape index (κ1) is 15.3. The molecule has 112 valence electrons. The first-order valence-electron chi connectivity index (χ1n) is 8.20. The van der Waals surface area contributed by atoms with Crippen LogP contribution in [0, 0.1) is 5.41 Å². The molecule has 19 heavy (non-hydrogen) atoms. The lowest BCUT2D eigenvalue weighted by atomic mass is 9.86. The Labute approximate surface area is 119 Å². The molecule has 2 aliphatic rings. The lowest BCUT2D eigenvalue weighted by Gasteiger charge is -2.42. The smallest absolute Gasteiger partial charge is 0.0243 e. The first-order chi connectivity index (χ1) is 9.00. The maximum Gasteiger partial charge on any atom is 0.0243 e. The number of nitrogens with one attached hydrogen (secondary N) is 1. The molecule has 2 aliphatic heterocycles. The van der Waals surface area contributed by atoms with Crippen molar-refractivity contribution in [2.45, 2.75) is 59.0 Å². The van der Waals surface area contributed by atoms with Crippen LogP contribution in [-0.4, -0.2) is 61.2 Å². The maximum atomic E-state index is 3.76. The quantitative estimate of drug-likeness (QED) is 0.824. The van der Waals surface area contributed by atoms with Crippen LogP contribution in [0.1, 0.15) is 47.0 Å². The van der Waals surface area contributed by atoms with Crippen LogP contribution in [0.15, 0.2) is 0 Å². The number of fused-ring (bicyclic) bond motifs is 1. The molecule has 2 saturated heterocycles. The number of rotatable bonds is 5. The Kier molecular flexibility index (Phi) is 5.27. The number of hydrogen-bond donors (Lipinski definition) is 1. The summed E-state index contributed by atoms with van der Waals surface area (Å²) in [5, 5.41) is 3.76. The number of nitrogens with zero attached hydrogens (tertiary/aromatic N) is 2. The van der Waals surface area contributed by atoms with Crippen LogP contribution in [0.5, 0.6) is 0 Å². The molecule has 3 nitrogen and oxygen atoms in total. The third-order valence-electron chi connectivity index (χ3n) is 4.80. The van der Waals surface area contributed by atoms with Crippen molar-refractivity contribution in [1.29, 1.82) is 0 Å². The van der Waals surface area contributed by atoms with E-state index in [1.54, 1.807) is 0 Å². The largest absolute Gasteiger partial charge is 0.312 e. The Bertz CT molecular complexity index is 272. The zero-order chi connectivity index (χ0) is 13.9. The molecular formula is C16H33N3. The lowest BCUT2D eigenvalue weighted by Crippen LogP contribution is -2.55. The van der Waals surface area contributed by atoms with Crippen molar-refractivity contribution in [3.8, 4) is 0 Å². The summed E-state index contributed by atoms with van der Waals surface area (Å²) < 4.78 is 0. The summed E-state index contributed by atoms with van der Waals surface area (Å²) in [6.45, 7) is 16.9. The summed E-state index contributed by atoms with van der Waals surface area (Å²) in [6.07, 6.45) is 4.05. The van der Waals surface area contributed by atoms with Gasteiger partial charge in [0.05, 0.1) is 0 Å². The van der Waals surface area contributed by atoms with Gasteiger partial charge in [0.2, 0.25) is 0 Å². The van der Waals surface area contributed by atoms with Gasteiger partial charge in [0.15, 0.2) is 0 Å². The Hall–Kier alpha value is -0.120. The van der Waals surface area contributed by atoms with Gasteiger partial charge in [-0.1, -0.05) is 27.7 Å². The van der Waals surface area contributed by atoms with Crippen LogP contribution >= 0.6 is 0 Å². The van der Waals surface area contributed by atoms with E-state index in [9.17, 15) is 0 Å². The minimum Gasteiger partial charge on any atom is -0.312 e. The summed E-state index contributed by atoms with van der Waals surface area (Å²) in [6, 6.07) is 1.46. The molecule has 1 N–H and O–H groups in total. The molecule has 2 fully saturated rings. The lowest BCUT2D eigenvalue weighted by molar-refractivity contribution is 0.0806. The van der Waals surface area contributed by atoms with E-state index in [0.717, 1.165) is 12.6 Å². The van der Waals surface area contributed by atoms with E-state index in [2.05, 4.69) is 42.8 Å². The number of piperazine rings is 1. The van der Waals surface area contributed by atoms with E-state index >= 15 is 0 Å². The molecule has 0 radical (unpaired) electrons. The third kappa shape index (κ3) is 4.17. The monoisotopic (exact) mass is 267 g/mol. The predicted octanol–water partition coefficient (Wildman–Crippen LogP) is 2.18. The Morgan fingerprint density at radius 1 is 1.21 bits per heavy atom. The van der Waals surface area contributed by atoms with Crippen LogP contribution in [0.3, 0.4) is 0 Å². The van der Waals surface area contributed by atoms with Crippen molar-refractivity contribution < 1.29 is 0 Å². The zero-order valence-electron chi connectivity index (χ0n) is 13.4. The van der Waals surface area contributed by atoms with E-state index < -0.39 is 0 Å². The van der Waals surface area contributed by atoms with Crippen LogP contribution in [0.25, 0.3) is 0 Å². The summed E-state index contributed by atoms with van der Waals surface area (Å²) in [7, 11) is 0. The van der Waals surface area contributed by atoms with Gasteiger partial charge >= 0.3 is 0 Å². The highest BCUT2D eigenvalue weighted by Gasteiger charge is 2.33. The van der Waals surface area contributed by atoms with Crippen molar-refractivity contribution in [1.82, 2.24) is 15.1 Å². The summed E-state index contributed by atoms with van der Waals surface area (Å²) >= 11 is 0. The maximum absolute atomic E-state index is 3.76. The average molecular weight is 267 g/mol. The van der Waals surface area contributed by atoms with Gasteiger partial charge < -0.3 is 5.32 Å². The summed E-state index contributed by atoms with van der Waals surface area (Å²) in [4.78, 5) is 5.40.